The van der Waals surface area contributed by atoms with Gasteiger partial charge in [-0.05, 0) is 61.3 Å². The van der Waals surface area contributed by atoms with Gasteiger partial charge in [0, 0.05) is 31.7 Å². The second-order valence-corrected chi connectivity index (χ2v) is 9.84. The van der Waals surface area contributed by atoms with Crippen LogP contribution in [-0.2, 0) is 11.2 Å². The molecule has 1 saturated carbocycles. The molecule has 1 heterocycles. The zero-order chi connectivity index (χ0) is 22.6. The number of hydrogen-bond acceptors (Lipinski definition) is 3. The lowest BCUT2D eigenvalue weighted by Crippen LogP contribution is -2.58. The molecule has 5 rings (SSSR count). The summed E-state index contributed by atoms with van der Waals surface area (Å²) in [5, 5.41) is 3.45. The van der Waals surface area contributed by atoms with Crippen molar-refractivity contribution in [1.29, 1.82) is 0 Å². The molecule has 1 aliphatic heterocycles. The summed E-state index contributed by atoms with van der Waals surface area (Å²) in [5.74, 6) is 0.697. The van der Waals surface area contributed by atoms with E-state index in [1.165, 1.54) is 24.0 Å². The van der Waals surface area contributed by atoms with Crippen LogP contribution in [-0.4, -0.2) is 53.8 Å². The molecule has 2 amide bonds. The molecule has 1 saturated heterocycles. The number of nitrogens with one attached hydrogen (secondary N) is 1. The minimum absolute atomic E-state index is 0.0874. The molecule has 33 heavy (non-hydrogen) atoms. The topological polar surface area (TPSA) is 52.7 Å². The van der Waals surface area contributed by atoms with Gasteiger partial charge >= 0.3 is 0 Å². The number of carbonyl (C=O) groups is 2. The molecule has 2 aliphatic carbocycles. The summed E-state index contributed by atoms with van der Waals surface area (Å²) in [5.41, 5.74) is 3.41. The van der Waals surface area contributed by atoms with Crippen molar-refractivity contribution in [1.82, 2.24) is 15.1 Å². The van der Waals surface area contributed by atoms with E-state index in [9.17, 15) is 9.59 Å². The fourth-order valence-corrected chi connectivity index (χ4v) is 6.08. The Labute approximate surface area is 197 Å². The Bertz CT molecular complexity index is 962. The first-order valence-electron chi connectivity index (χ1n) is 12.7. The Morgan fingerprint density at radius 1 is 0.818 bits per heavy atom. The van der Waals surface area contributed by atoms with E-state index in [0.29, 0.717) is 19.0 Å². The number of amides is 2. The monoisotopic (exact) mass is 445 g/mol. The molecule has 3 aliphatic rings. The summed E-state index contributed by atoms with van der Waals surface area (Å²) in [4.78, 5) is 30.9. The van der Waals surface area contributed by atoms with Crippen LogP contribution in [0, 0.1) is 5.92 Å². The lowest BCUT2D eigenvalue weighted by Gasteiger charge is -2.41. The summed E-state index contributed by atoms with van der Waals surface area (Å²) in [6.45, 7) is 2.87. The van der Waals surface area contributed by atoms with Crippen molar-refractivity contribution in [3.8, 4) is 0 Å². The van der Waals surface area contributed by atoms with Crippen molar-refractivity contribution < 1.29 is 9.59 Å². The molecule has 0 bridgehead atoms. The normalized spacial score (nSPS) is 22.5. The Kier molecular flexibility index (Phi) is 6.77. The van der Waals surface area contributed by atoms with E-state index < -0.39 is 0 Å². The van der Waals surface area contributed by atoms with E-state index in [1.807, 2.05) is 35.2 Å². The van der Waals surface area contributed by atoms with Crippen molar-refractivity contribution in [2.75, 3.05) is 26.2 Å². The number of piperazine rings is 1. The fraction of sp³-hybridized carbons (Fsp3) is 0.500. The van der Waals surface area contributed by atoms with E-state index >= 15 is 0 Å². The Morgan fingerprint density at radius 2 is 1.52 bits per heavy atom. The van der Waals surface area contributed by atoms with E-state index in [2.05, 4.69) is 34.5 Å². The van der Waals surface area contributed by atoms with Crippen molar-refractivity contribution in [3.05, 3.63) is 71.3 Å². The van der Waals surface area contributed by atoms with Gasteiger partial charge in [0.25, 0.3) is 5.91 Å². The smallest absolute Gasteiger partial charge is 0.253 e. The zero-order valence-electron chi connectivity index (χ0n) is 19.4. The highest BCUT2D eigenvalue weighted by molar-refractivity contribution is 5.94. The number of rotatable bonds is 5. The SMILES string of the molecule is O=C(N[C@H]1CCCc2ccccc21)[C@@H](C1CCCC1)N1CCN(C(=O)c2ccccc2)CC1. The molecule has 1 N–H and O–H groups in total. The molecule has 2 fully saturated rings. The first kappa shape index (κ1) is 22.1. The highest BCUT2D eigenvalue weighted by Gasteiger charge is 2.38. The van der Waals surface area contributed by atoms with Gasteiger partial charge in [0.1, 0.15) is 0 Å². The van der Waals surface area contributed by atoms with E-state index in [0.717, 1.165) is 50.8 Å². The van der Waals surface area contributed by atoms with Gasteiger partial charge in [-0.2, -0.15) is 0 Å². The molecule has 2 aromatic carbocycles. The summed E-state index contributed by atoms with van der Waals surface area (Å²) in [7, 11) is 0. The number of fused-ring (bicyclic) bond motifs is 1. The maximum Gasteiger partial charge on any atom is 0.253 e. The first-order valence-corrected chi connectivity index (χ1v) is 12.7. The van der Waals surface area contributed by atoms with Crippen LogP contribution in [0.15, 0.2) is 54.6 Å². The minimum Gasteiger partial charge on any atom is -0.348 e. The summed E-state index contributed by atoms with van der Waals surface area (Å²) in [6.07, 6.45) is 7.92. The fourth-order valence-electron chi connectivity index (χ4n) is 6.08. The third-order valence-electron chi connectivity index (χ3n) is 7.82. The van der Waals surface area contributed by atoms with Crippen LogP contribution >= 0.6 is 0 Å². The molecule has 0 spiro atoms. The van der Waals surface area contributed by atoms with Crippen LogP contribution in [0.4, 0.5) is 0 Å². The highest BCUT2D eigenvalue weighted by Crippen LogP contribution is 2.33. The summed E-state index contributed by atoms with van der Waals surface area (Å²) < 4.78 is 0. The summed E-state index contributed by atoms with van der Waals surface area (Å²) in [6, 6.07) is 18.1. The molecule has 0 aromatic heterocycles. The van der Waals surface area contributed by atoms with Crippen LogP contribution in [0.3, 0.4) is 0 Å². The molecule has 5 heteroatoms. The molecule has 5 nitrogen and oxygen atoms in total. The number of nitrogens with zero attached hydrogens (tertiary/aromatic N) is 2. The third kappa shape index (κ3) is 4.84. The van der Waals surface area contributed by atoms with Gasteiger partial charge in [0.15, 0.2) is 0 Å². The number of benzene rings is 2. The van der Waals surface area contributed by atoms with Crippen LogP contribution in [0.5, 0.6) is 0 Å². The lowest BCUT2D eigenvalue weighted by atomic mass is 9.87. The summed E-state index contributed by atoms with van der Waals surface area (Å²) >= 11 is 0. The second kappa shape index (κ2) is 10.1. The lowest BCUT2D eigenvalue weighted by molar-refractivity contribution is -0.130. The molecular weight excluding hydrogens is 410 g/mol. The molecule has 2 atom stereocenters. The highest BCUT2D eigenvalue weighted by atomic mass is 16.2. The van der Waals surface area contributed by atoms with Crippen LogP contribution < -0.4 is 5.32 Å². The average Bonchev–Trinajstić information content (AvgIpc) is 3.39. The number of aryl methyl sites for hydroxylation is 1. The molecule has 0 unspecified atom stereocenters. The molecule has 0 radical (unpaired) electrons. The second-order valence-electron chi connectivity index (χ2n) is 9.84. The molecular formula is C28H35N3O2. The molecule has 174 valence electrons. The predicted octanol–water partition coefficient (Wildman–Crippen LogP) is 4.20. The third-order valence-corrected chi connectivity index (χ3v) is 7.82. The van der Waals surface area contributed by atoms with Gasteiger partial charge in [-0.1, -0.05) is 55.3 Å². The van der Waals surface area contributed by atoms with Gasteiger partial charge in [-0.15, -0.1) is 0 Å². The molecule has 2 aromatic rings. The van der Waals surface area contributed by atoms with Crippen molar-refractivity contribution >= 4 is 11.8 Å². The quantitative estimate of drug-likeness (QED) is 0.751. The van der Waals surface area contributed by atoms with Gasteiger partial charge < -0.3 is 10.2 Å². The Balaban J connectivity index is 1.27. The van der Waals surface area contributed by atoms with E-state index in [1.54, 1.807) is 0 Å². The standard InChI is InChI=1S/C28H35N3O2/c32-27(29-25-16-8-14-21-9-6-7-15-24(21)25)26(22-10-4-5-11-22)30-17-19-31(20-18-30)28(33)23-12-2-1-3-13-23/h1-3,6-7,9,12-13,15,22,25-26H,4-5,8,10-11,14,16-20H2,(H,29,32)/t25-,26+/m0/s1. The van der Waals surface area contributed by atoms with Crippen LogP contribution in [0.2, 0.25) is 0 Å². The van der Waals surface area contributed by atoms with E-state index in [-0.39, 0.29) is 23.9 Å². The largest absolute Gasteiger partial charge is 0.348 e. The van der Waals surface area contributed by atoms with Crippen molar-refractivity contribution in [2.45, 2.75) is 57.0 Å². The van der Waals surface area contributed by atoms with Gasteiger partial charge in [0.2, 0.25) is 5.91 Å². The number of carbonyl (C=O) groups excluding carboxylic acids is 2. The maximum atomic E-state index is 13.7. The van der Waals surface area contributed by atoms with Gasteiger partial charge in [-0.25, -0.2) is 0 Å². The van der Waals surface area contributed by atoms with Crippen molar-refractivity contribution in [2.24, 2.45) is 5.92 Å². The first-order chi connectivity index (χ1) is 16.2. The predicted molar refractivity (Wildman–Crippen MR) is 130 cm³/mol. The van der Waals surface area contributed by atoms with E-state index in [4.69, 9.17) is 0 Å². The van der Waals surface area contributed by atoms with Crippen LogP contribution in [0.1, 0.15) is 66.1 Å². The zero-order valence-corrected chi connectivity index (χ0v) is 19.4. The van der Waals surface area contributed by atoms with Crippen molar-refractivity contribution in [3.63, 3.8) is 0 Å². The Morgan fingerprint density at radius 3 is 2.27 bits per heavy atom. The van der Waals surface area contributed by atoms with Crippen LogP contribution in [0.25, 0.3) is 0 Å². The number of hydrogen-bond donors (Lipinski definition) is 1. The van der Waals surface area contributed by atoms with Gasteiger partial charge in [-0.3, -0.25) is 14.5 Å². The average molecular weight is 446 g/mol. The maximum absolute atomic E-state index is 13.7. The minimum atomic E-state index is -0.0874. The van der Waals surface area contributed by atoms with Gasteiger partial charge in [0.05, 0.1) is 12.1 Å². The Hall–Kier alpha value is -2.66.